The van der Waals surface area contributed by atoms with Crippen LogP contribution in [0.5, 0.6) is 0 Å². The van der Waals surface area contributed by atoms with Crippen molar-refractivity contribution in [3.63, 3.8) is 0 Å². The molecule has 0 spiro atoms. The Morgan fingerprint density at radius 2 is 2.29 bits per heavy atom. The lowest BCUT2D eigenvalue weighted by molar-refractivity contribution is 0.589. The van der Waals surface area contributed by atoms with Crippen LogP contribution in [0.15, 0.2) is 29.8 Å². The van der Waals surface area contributed by atoms with Crippen molar-refractivity contribution in [1.29, 1.82) is 0 Å². The topological polar surface area (TPSA) is 38.9 Å². The van der Waals surface area contributed by atoms with Crippen LogP contribution in [-0.2, 0) is 6.42 Å². The molecule has 0 aliphatic carbocycles. The summed E-state index contributed by atoms with van der Waals surface area (Å²) < 4.78 is 13.6. The maximum Gasteiger partial charge on any atom is 0.127 e. The molecule has 0 aliphatic heterocycles. The van der Waals surface area contributed by atoms with Gasteiger partial charge in [0.1, 0.15) is 5.82 Å². The van der Waals surface area contributed by atoms with Gasteiger partial charge >= 0.3 is 0 Å². The quantitative estimate of drug-likeness (QED) is 0.926. The molecule has 1 aromatic heterocycles. The van der Waals surface area contributed by atoms with Gasteiger partial charge in [0.15, 0.2) is 0 Å². The van der Waals surface area contributed by atoms with E-state index < -0.39 is 0 Å². The standard InChI is InChI=1S/C12H12ClFN2S/c13-10-2-1-3-11(14)9(10)6-8(7-15)12-16-4-5-17-12/h1-5,8H,6-7,15H2. The second kappa shape index (κ2) is 5.58. The molecule has 1 atom stereocenters. The molecule has 2 nitrogen and oxygen atoms in total. The zero-order valence-electron chi connectivity index (χ0n) is 9.07. The molecule has 0 fully saturated rings. The van der Waals surface area contributed by atoms with Crippen LogP contribution in [0.1, 0.15) is 16.5 Å². The number of hydrogen-bond acceptors (Lipinski definition) is 3. The third kappa shape index (κ3) is 2.83. The Morgan fingerprint density at radius 3 is 2.88 bits per heavy atom. The van der Waals surface area contributed by atoms with Crippen molar-refractivity contribution < 1.29 is 4.39 Å². The zero-order chi connectivity index (χ0) is 12.3. The number of nitrogens with two attached hydrogens (primary N) is 1. The highest BCUT2D eigenvalue weighted by atomic mass is 35.5. The lowest BCUT2D eigenvalue weighted by Gasteiger charge is -2.13. The van der Waals surface area contributed by atoms with Crippen LogP contribution in [0, 0.1) is 5.82 Å². The van der Waals surface area contributed by atoms with Crippen molar-refractivity contribution in [3.8, 4) is 0 Å². The van der Waals surface area contributed by atoms with Crippen LogP contribution in [-0.4, -0.2) is 11.5 Å². The van der Waals surface area contributed by atoms with Crippen LogP contribution in [0.3, 0.4) is 0 Å². The first-order valence-electron chi connectivity index (χ1n) is 5.24. The van der Waals surface area contributed by atoms with Crippen molar-refractivity contribution in [3.05, 3.63) is 51.2 Å². The monoisotopic (exact) mass is 270 g/mol. The average molecular weight is 271 g/mol. The summed E-state index contributed by atoms with van der Waals surface area (Å²) in [6.45, 7) is 0.429. The number of rotatable bonds is 4. The number of thiazole rings is 1. The average Bonchev–Trinajstić information content (AvgIpc) is 2.82. The molecule has 2 rings (SSSR count). The van der Waals surface area contributed by atoms with E-state index in [0.717, 1.165) is 5.01 Å². The molecule has 0 amide bonds. The largest absolute Gasteiger partial charge is 0.330 e. The van der Waals surface area contributed by atoms with E-state index in [1.165, 1.54) is 17.4 Å². The molecule has 1 unspecified atom stereocenters. The molecule has 0 radical (unpaired) electrons. The third-order valence-corrected chi connectivity index (χ3v) is 3.89. The summed E-state index contributed by atoms with van der Waals surface area (Å²) >= 11 is 7.52. The summed E-state index contributed by atoms with van der Waals surface area (Å²) in [6.07, 6.45) is 2.21. The Labute approximate surface area is 108 Å². The zero-order valence-corrected chi connectivity index (χ0v) is 10.6. The van der Waals surface area contributed by atoms with Gasteiger partial charge in [-0.1, -0.05) is 17.7 Å². The van der Waals surface area contributed by atoms with Gasteiger partial charge in [-0.05, 0) is 18.6 Å². The Balaban J connectivity index is 2.25. The molecule has 0 aliphatic rings. The minimum absolute atomic E-state index is 0.0180. The van der Waals surface area contributed by atoms with Gasteiger partial charge in [-0.25, -0.2) is 9.37 Å². The van der Waals surface area contributed by atoms with Gasteiger partial charge in [0.05, 0.1) is 5.01 Å². The highest BCUT2D eigenvalue weighted by Gasteiger charge is 2.17. The van der Waals surface area contributed by atoms with Gasteiger partial charge in [0.2, 0.25) is 0 Å². The summed E-state index contributed by atoms with van der Waals surface area (Å²) in [5.74, 6) is -0.267. The minimum Gasteiger partial charge on any atom is -0.330 e. The summed E-state index contributed by atoms with van der Waals surface area (Å²) in [6, 6.07) is 4.70. The molecule has 0 saturated carbocycles. The Kier molecular flexibility index (Phi) is 4.10. The van der Waals surface area contributed by atoms with E-state index in [9.17, 15) is 4.39 Å². The van der Waals surface area contributed by atoms with Crippen molar-refractivity contribution in [2.24, 2.45) is 5.73 Å². The van der Waals surface area contributed by atoms with E-state index in [2.05, 4.69) is 4.98 Å². The Morgan fingerprint density at radius 1 is 1.47 bits per heavy atom. The van der Waals surface area contributed by atoms with Gasteiger partial charge in [-0.15, -0.1) is 11.3 Å². The van der Waals surface area contributed by atoms with Gasteiger partial charge in [-0.3, -0.25) is 0 Å². The summed E-state index contributed by atoms with van der Waals surface area (Å²) in [7, 11) is 0. The summed E-state index contributed by atoms with van der Waals surface area (Å²) in [5.41, 5.74) is 6.23. The number of aromatic nitrogens is 1. The lowest BCUT2D eigenvalue weighted by atomic mass is 9.99. The minimum atomic E-state index is -0.285. The molecule has 17 heavy (non-hydrogen) atoms. The van der Waals surface area contributed by atoms with E-state index in [0.29, 0.717) is 23.6 Å². The van der Waals surface area contributed by atoms with Crippen molar-refractivity contribution in [2.45, 2.75) is 12.3 Å². The van der Waals surface area contributed by atoms with Gasteiger partial charge < -0.3 is 5.73 Å². The van der Waals surface area contributed by atoms with Gasteiger partial charge in [0, 0.05) is 34.6 Å². The lowest BCUT2D eigenvalue weighted by Crippen LogP contribution is -2.15. The van der Waals surface area contributed by atoms with Crippen molar-refractivity contribution in [2.75, 3.05) is 6.54 Å². The van der Waals surface area contributed by atoms with E-state index in [1.807, 2.05) is 5.38 Å². The van der Waals surface area contributed by atoms with Crippen molar-refractivity contribution >= 4 is 22.9 Å². The number of benzene rings is 1. The fourth-order valence-electron chi connectivity index (χ4n) is 1.68. The van der Waals surface area contributed by atoms with Crippen LogP contribution in [0.2, 0.25) is 5.02 Å². The van der Waals surface area contributed by atoms with Crippen LogP contribution in [0.4, 0.5) is 4.39 Å². The molecular weight excluding hydrogens is 259 g/mol. The van der Waals surface area contributed by atoms with E-state index in [-0.39, 0.29) is 11.7 Å². The molecule has 0 saturated heterocycles. The fourth-order valence-corrected chi connectivity index (χ4v) is 2.68. The van der Waals surface area contributed by atoms with Crippen molar-refractivity contribution in [1.82, 2.24) is 4.98 Å². The molecule has 5 heteroatoms. The first-order chi connectivity index (χ1) is 8.22. The Bertz CT molecular complexity index is 467. The molecule has 90 valence electrons. The van der Waals surface area contributed by atoms with E-state index >= 15 is 0 Å². The predicted molar refractivity (Wildman–Crippen MR) is 69.0 cm³/mol. The summed E-state index contributed by atoms with van der Waals surface area (Å²) in [4.78, 5) is 4.22. The fraction of sp³-hybridized carbons (Fsp3) is 0.250. The van der Waals surface area contributed by atoms with E-state index in [4.69, 9.17) is 17.3 Å². The highest BCUT2D eigenvalue weighted by molar-refractivity contribution is 7.09. The maximum atomic E-state index is 13.6. The second-order valence-corrected chi connectivity index (χ2v) is 5.04. The second-order valence-electron chi connectivity index (χ2n) is 3.71. The first kappa shape index (κ1) is 12.5. The molecule has 0 bridgehead atoms. The first-order valence-corrected chi connectivity index (χ1v) is 6.50. The number of nitrogens with zero attached hydrogens (tertiary/aromatic N) is 1. The van der Waals surface area contributed by atoms with Gasteiger partial charge in [-0.2, -0.15) is 0 Å². The molecule has 1 heterocycles. The number of halogens is 2. The smallest absolute Gasteiger partial charge is 0.127 e. The van der Waals surface area contributed by atoms with Crippen LogP contribution < -0.4 is 5.73 Å². The maximum absolute atomic E-state index is 13.6. The Hall–Kier alpha value is -0.970. The van der Waals surface area contributed by atoms with Gasteiger partial charge in [0.25, 0.3) is 0 Å². The van der Waals surface area contributed by atoms with E-state index in [1.54, 1.807) is 18.3 Å². The molecule has 2 N–H and O–H groups in total. The summed E-state index contributed by atoms with van der Waals surface area (Å²) in [5, 5.41) is 3.26. The molecule has 1 aromatic carbocycles. The normalized spacial score (nSPS) is 12.6. The molecular formula is C12H12ClFN2S. The highest BCUT2D eigenvalue weighted by Crippen LogP contribution is 2.27. The SMILES string of the molecule is NCC(Cc1c(F)cccc1Cl)c1nccs1. The third-order valence-electron chi connectivity index (χ3n) is 2.60. The predicted octanol–water partition coefficient (Wildman–Crippen LogP) is 3.22. The number of hydrogen-bond donors (Lipinski definition) is 1. The van der Waals surface area contributed by atoms with Crippen LogP contribution in [0.25, 0.3) is 0 Å². The van der Waals surface area contributed by atoms with Crippen LogP contribution >= 0.6 is 22.9 Å². The molecule has 2 aromatic rings.